The molecule has 0 saturated carbocycles. The summed E-state index contributed by atoms with van der Waals surface area (Å²) in [4.78, 5) is 11.1. The average molecular weight is 278 g/mol. The smallest absolute Gasteiger partial charge is 0.132 e. The molecule has 0 heterocycles. The third-order valence-electron chi connectivity index (χ3n) is 3.56. The highest BCUT2D eigenvalue weighted by Crippen LogP contribution is 2.08. The van der Waals surface area contributed by atoms with Crippen molar-refractivity contribution in [2.45, 2.75) is 90.9 Å². The fourth-order valence-corrected chi connectivity index (χ4v) is 2.15. The van der Waals surface area contributed by atoms with Crippen LogP contribution in [-0.4, -0.2) is 5.78 Å². The lowest BCUT2D eigenvalue weighted by Crippen LogP contribution is -1.92. The topological polar surface area (TPSA) is 17.1 Å². The first kappa shape index (κ1) is 19.1. The number of ketones is 1. The normalized spacial score (nSPS) is 11.7. The van der Waals surface area contributed by atoms with Crippen LogP contribution in [0, 0.1) is 0 Å². The second-order valence-electron chi connectivity index (χ2n) is 5.52. The maximum absolute atomic E-state index is 11.1. The van der Waals surface area contributed by atoms with E-state index in [0.29, 0.717) is 18.6 Å². The van der Waals surface area contributed by atoms with Gasteiger partial charge < -0.3 is 0 Å². The van der Waals surface area contributed by atoms with E-state index in [9.17, 15) is 4.79 Å². The Morgan fingerprint density at radius 2 is 1.35 bits per heavy atom. The van der Waals surface area contributed by atoms with Crippen LogP contribution in [0.4, 0.5) is 0 Å². The molecule has 0 aliphatic heterocycles. The highest BCUT2D eigenvalue weighted by molar-refractivity contribution is 5.78. The number of hydrogen-bond acceptors (Lipinski definition) is 1. The first-order valence-corrected chi connectivity index (χ1v) is 8.63. The van der Waals surface area contributed by atoms with Crippen LogP contribution in [0.5, 0.6) is 0 Å². The van der Waals surface area contributed by atoms with Crippen LogP contribution in [0.2, 0.25) is 0 Å². The van der Waals surface area contributed by atoms with E-state index in [1.165, 1.54) is 51.4 Å². The molecule has 0 atom stereocenters. The van der Waals surface area contributed by atoms with E-state index in [2.05, 4.69) is 31.2 Å². The van der Waals surface area contributed by atoms with Gasteiger partial charge in [-0.2, -0.15) is 0 Å². The maximum Gasteiger partial charge on any atom is 0.132 e. The molecule has 1 heteroatoms. The lowest BCUT2D eigenvalue weighted by molar-refractivity contribution is -0.118. The van der Waals surface area contributed by atoms with Gasteiger partial charge in [0.1, 0.15) is 5.78 Å². The zero-order valence-electron chi connectivity index (χ0n) is 13.7. The van der Waals surface area contributed by atoms with Gasteiger partial charge in [0.25, 0.3) is 0 Å². The Balaban J connectivity index is 3.23. The van der Waals surface area contributed by atoms with Gasteiger partial charge in [0.15, 0.2) is 0 Å². The summed E-state index contributed by atoms with van der Waals surface area (Å²) in [5.74, 6) is 0.365. The minimum Gasteiger partial charge on any atom is -0.300 e. The van der Waals surface area contributed by atoms with Crippen LogP contribution in [0.3, 0.4) is 0 Å². The standard InChI is InChI=1S/C19H34O/c1-3-5-6-7-8-9-10-11-12-13-14-15-16-17-18-19(20)4-2/h12-13,15-16H,3-11,14,17-18H2,1-2H3/b13-12-,16-15-. The number of rotatable bonds is 14. The van der Waals surface area contributed by atoms with Crippen LogP contribution in [-0.2, 0) is 4.79 Å². The molecule has 0 rings (SSSR count). The molecule has 0 fully saturated rings. The number of carbonyl (C=O) groups is 1. The van der Waals surface area contributed by atoms with E-state index in [-0.39, 0.29) is 0 Å². The van der Waals surface area contributed by atoms with Gasteiger partial charge in [-0.25, -0.2) is 0 Å². The van der Waals surface area contributed by atoms with Crippen LogP contribution < -0.4 is 0 Å². The molecule has 0 saturated heterocycles. The molecule has 20 heavy (non-hydrogen) atoms. The molecular weight excluding hydrogens is 244 g/mol. The fraction of sp³-hybridized carbons (Fsp3) is 0.737. The van der Waals surface area contributed by atoms with Crippen molar-refractivity contribution < 1.29 is 4.79 Å². The largest absolute Gasteiger partial charge is 0.300 e. The van der Waals surface area contributed by atoms with Crippen molar-refractivity contribution >= 4 is 5.78 Å². The van der Waals surface area contributed by atoms with Gasteiger partial charge >= 0.3 is 0 Å². The van der Waals surface area contributed by atoms with Crippen molar-refractivity contribution in [3.05, 3.63) is 24.3 Å². The fourth-order valence-electron chi connectivity index (χ4n) is 2.15. The van der Waals surface area contributed by atoms with E-state index in [1.807, 2.05) is 6.92 Å². The molecule has 0 spiro atoms. The molecule has 0 radical (unpaired) electrons. The van der Waals surface area contributed by atoms with Crippen LogP contribution in [0.25, 0.3) is 0 Å². The van der Waals surface area contributed by atoms with Crippen molar-refractivity contribution in [3.8, 4) is 0 Å². The number of Topliss-reactive ketones (excluding diaryl/α,β-unsaturated/α-hetero) is 1. The Morgan fingerprint density at radius 1 is 0.750 bits per heavy atom. The molecule has 0 N–H and O–H groups in total. The summed E-state index contributed by atoms with van der Waals surface area (Å²) in [6, 6.07) is 0. The second-order valence-corrected chi connectivity index (χ2v) is 5.52. The molecular formula is C19H34O. The first-order valence-electron chi connectivity index (χ1n) is 8.63. The predicted octanol–water partition coefficient (Wildman–Crippen LogP) is 6.39. The van der Waals surface area contributed by atoms with Gasteiger partial charge in [-0.1, -0.05) is 76.7 Å². The molecule has 0 amide bonds. The summed E-state index contributed by atoms with van der Waals surface area (Å²) in [6.07, 6.45) is 23.0. The van der Waals surface area contributed by atoms with Crippen LogP contribution in [0.15, 0.2) is 24.3 Å². The predicted molar refractivity (Wildman–Crippen MR) is 90.0 cm³/mol. The summed E-state index contributed by atoms with van der Waals surface area (Å²) in [6.45, 7) is 4.19. The monoisotopic (exact) mass is 278 g/mol. The van der Waals surface area contributed by atoms with Gasteiger partial charge in [0.05, 0.1) is 0 Å². The minimum absolute atomic E-state index is 0.365. The Labute approximate surface area is 126 Å². The summed E-state index contributed by atoms with van der Waals surface area (Å²) in [5.41, 5.74) is 0. The average Bonchev–Trinajstić information content (AvgIpc) is 2.47. The number of allylic oxidation sites excluding steroid dienone is 4. The first-order chi connectivity index (χ1) is 9.81. The van der Waals surface area contributed by atoms with E-state index in [4.69, 9.17) is 0 Å². The maximum atomic E-state index is 11.1. The summed E-state index contributed by atoms with van der Waals surface area (Å²) >= 11 is 0. The van der Waals surface area contributed by atoms with Gasteiger partial charge in [0.2, 0.25) is 0 Å². The Morgan fingerprint density at radius 3 is 2.00 bits per heavy atom. The van der Waals surface area contributed by atoms with Crippen molar-refractivity contribution in [1.29, 1.82) is 0 Å². The molecule has 1 nitrogen and oxygen atoms in total. The lowest BCUT2D eigenvalue weighted by atomic mass is 10.1. The highest BCUT2D eigenvalue weighted by Gasteiger charge is 1.93. The van der Waals surface area contributed by atoms with Crippen LogP contribution in [0.1, 0.15) is 90.9 Å². The number of carbonyl (C=O) groups excluding carboxylic acids is 1. The van der Waals surface area contributed by atoms with Gasteiger partial charge in [-0.15, -0.1) is 0 Å². The molecule has 0 aliphatic rings. The molecule has 116 valence electrons. The van der Waals surface area contributed by atoms with E-state index < -0.39 is 0 Å². The van der Waals surface area contributed by atoms with Crippen LogP contribution >= 0.6 is 0 Å². The minimum atomic E-state index is 0.365. The molecule has 0 aromatic rings. The third-order valence-corrected chi connectivity index (χ3v) is 3.56. The Hall–Kier alpha value is -0.850. The third kappa shape index (κ3) is 15.2. The Kier molecular flexibility index (Phi) is 15.5. The highest BCUT2D eigenvalue weighted by atomic mass is 16.1. The van der Waals surface area contributed by atoms with Gasteiger partial charge in [-0.05, 0) is 25.7 Å². The summed E-state index contributed by atoms with van der Waals surface area (Å²) in [7, 11) is 0. The number of hydrogen-bond donors (Lipinski definition) is 0. The van der Waals surface area contributed by atoms with Crippen molar-refractivity contribution in [2.75, 3.05) is 0 Å². The second kappa shape index (κ2) is 16.2. The van der Waals surface area contributed by atoms with Gasteiger partial charge in [0, 0.05) is 12.8 Å². The number of unbranched alkanes of at least 4 members (excludes halogenated alkanes) is 7. The quantitative estimate of drug-likeness (QED) is 0.266. The van der Waals surface area contributed by atoms with Crippen molar-refractivity contribution in [2.24, 2.45) is 0 Å². The van der Waals surface area contributed by atoms with Crippen molar-refractivity contribution in [1.82, 2.24) is 0 Å². The van der Waals surface area contributed by atoms with Gasteiger partial charge in [-0.3, -0.25) is 4.79 Å². The lowest BCUT2D eigenvalue weighted by Gasteiger charge is -1.98. The Bertz CT molecular complexity index is 263. The summed E-state index contributed by atoms with van der Waals surface area (Å²) < 4.78 is 0. The zero-order chi connectivity index (χ0) is 14.9. The summed E-state index contributed by atoms with van der Waals surface area (Å²) in [5, 5.41) is 0. The molecule has 0 unspecified atom stereocenters. The van der Waals surface area contributed by atoms with Crippen molar-refractivity contribution in [3.63, 3.8) is 0 Å². The molecule has 0 aromatic heterocycles. The molecule has 0 bridgehead atoms. The zero-order valence-corrected chi connectivity index (χ0v) is 13.7. The van der Waals surface area contributed by atoms with E-state index in [1.54, 1.807) is 0 Å². The molecule has 0 aliphatic carbocycles. The van der Waals surface area contributed by atoms with E-state index in [0.717, 1.165) is 12.8 Å². The SMILES string of the molecule is CCCCCCCCC/C=C\C/C=C\CCC(=O)CC. The molecule has 0 aromatic carbocycles. The van der Waals surface area contributed by atoms with E-state index >= 15 is 0 Å².